The maximum Gasteiger partial charge on any atom is 0.259 e. The predicted octanol–water partition coefficient (Wildman–Crippen LogP) is 3.19. The standard InChI is InChI=1S/C22H26N4O2S/c1-3-26-12-14(28-17-9-5-4-8-16(17)26)11-25(2)13-19-23-21(27)20-15-7-6-10-18(15)29-22(20)24-19/h4-5,8-9,14H,3,6-7,10-13H2,1-2H3,(H,23,24,27). The van der Waals surface area contributed by atoms with Gasteiger partial charge in [0.15, 0.2) is 0 Å². The summed E-state index contributed by atoms with van der Waals surface area (Å²) in [5.41, 5.74) is 2.40. The molecule has 0 fully saturated rings. The summed E-state index contributed by atoms with van der Waals surface area (Å²) in [5, 5.41) is 0.819. The maximum absolute atomic E-state index is 12.7. The van der Waals surface area contributed by atoms with E-state index in [1.807, 2.05) is 12.1 Å². The van der Waals surface area contributed by atoms with E-state index in [4.69, 9.17) is 9.72 Å². The quantitative estimate of drug-likeness (QED) is 0.700. The number of hydrogen-bond donors (Lipinski definition) is 1. The first-order chi connectivity index (χ1) is 14.1. The molecule has 152 valence electrons. The van der Waals surface area contributed by atoms with Gasteiger partial charge in [-0.15, -0.1) is 11.3 Å². The van der Waals surface area contributed by atoms with Gasteiger partial charge in [0.25, 0.3) is 5.56 Å². The van der Waals surface area contributed by atoms with Crippen LogP contribution >= 0.6 is 11.3 Å². The molecule has 6 nitrogen and oxygen atoms in total. The van der Waals surface area contributed by atoms with Crippen molar-refractivity contribution in [3.8, 4) is 5.75 Å². The lowest BCUT2D eigenvalue weighted by atomic mass is 10.2. The van der Waals surface area contributed by atoms with Gasteiger partial charge in [-0.05, 0) is 50.9 Å². The van der Waals surface area contributed by atoms with Gasteiger partial charge < -0.3 is 14.6 Å². The van der Waals surface area contributed by atoms with Gasteiger partial charge in [-0.3, -0.25) is 9.69 Å². The van der Waals surface area contributed by atoms with Gasteiger partial charge in [-0.1, -0.05) is 12.1 Å². The van der Waals surface area contributed by atoms with E-state index in [-0.39, 0.29) is 11.7 Å². The fourth-order valence-electron chi connectivity index (χ4n) is 4.56. The predicted molar refractivity (Wildman–Crippen MR) is 117 cm³/mol. The van der Waals surface area contributed by atoms with Crippen molar-refractivity contribution in [2.24, 2.45) is 0 Å². The first-order valence-electron chi connectivity index (χ1n) is 10.3. The zero-order valence-electron chi connectivity index (χ0n) is 16.9. The van der Waals surface area contributed by atoms with Gasteiger partial charge in [-0.25, -0.2) is 4.98 Å². The highest BCUT2D eigenvalue weighted by atomic mass is 32.1. The lowest BCUT2D eigenvalue weighted by molar-refractivity contribution is 0.138. The van der Waals surface area contributed by atoms with Crippen LogP contribution in [0.25, 0.3) is 10.2 Å². The van der Waals surface area contributed by atoms with Crippen LogP contribution in [0.1, 0.15) is 29.6 Å². The SMILES string of the molecule is CCN1CC(CN(C)Cc2nc3sc4c(c3c(=O)[nH]2)CCC4)Oc2ccccc21. The number of aromatic amines is 1. The Balaban J connectivity index is 1.31. The van der Waals surface area contributed by atoms with Crippen LogP contribution in [0.4, 0.5) is 5.69 Å². The zero-order valence-corrected chi connectivity index (χ0v) is 17.7. The van der Waals surface area contributed by atoms with Crippen molar-refractivity contribution in [1.29, 1.82) is 0 Å². The Hall–Kier alpha value is -2.38. The second-order valence-electron chi connectivity index (χ2n) is 7.99. The summed E-state index contributed by atoms with van der Waals surface area (Å²) in [6, 6.07) is 8.21. The molecule has 7 heteroatoms. The van der Waals surface area contributed by atoms with Gasteiger partial charge in [0, 0.05) is 18.0 Å². The van der Waals surface area contributed by atoms with Gasteiger partial charge in [0.05, 0.1) is 24.2 Å². The molecular formula is C22H26N4O2S. The van der Waals surface area contributed by atoms with E-state index in [1.165, 1.54) is 10.4 Å². The minimum absolute atomic E-state index is 0.0119. The number of aryl methyl sites for hydroxylation is 2. The minimum Gasteiger partial charge on any atom is -0.485 e. The molecule has 2 aromatic heterocycles. The lowest BCUT2D eigenvalue weighted by Gasteiger charge is -2.37. The number of anilines is 1. The molecule has 0 saturated carbocycles. The molecule has 1 aliphatic heterocycles. The number of para-hydroxylation sites is 2. The Morgan fingerprint density at radius 2 is 2.21 bits per heavy atom. The highest BCUT2D eigenvalue weighted by Crippen LogP contribution is 2.35. The van der Waals surface area contributed by atoms with Crippen LogP contribution in [-0.2, 0) is 19.4 Å². The first kappa shape index (κ1) is 18.6. The molecular weight excluding hydrogens is 384 g/mol. The summed E-state index contributed by atoms with van der Waals surface area (Å²) in [6.45, 7) is 5.35. The van der Waals surface area contributed by atoms with Crippen LogP contribution < -0.4 is 15.2 Å². The Bertz CT molecular complexity index is 1110. The number of likely N-dealkylation sites (N-methyl/N-ethyl adjacent to an activating group) is 2. The van der Waals surface area contributed by atoms with Crippen molar-refractivity contribution in [2.75, 3.05) is 31.6 Å². The Morgan fingerprint density at radius 1 is 1.34 bits per heavy atom. The molecule has 0 saturated heterocycles. The van der Waals surface area contributed by atoms with Crippen LogP contribution in [0, 0.1) is 0 Å². The molecule has 1 unspecified atom stereocenters. The number of nitrogens with one attached hydrogen (secondary N) is 1. The Morgan fingerprint density at radius 3 is 3.07 bits per heavy atom. The van der Waals surface area contributed by atoms with E-state index in [0.717, 1.165) is 66.4 Å². The topological polar surface area (TPSA) is 61.5 Å². The number of nitrogens with zero attached hydrogens (tertiary/aromatic N) is 3. The van der Waals surface area contributed by atoms with Crippen molar-refractivity contribution in [3.63, 3.8) is 0 Å². The third-order valence-electron chi connectivity index (χ3n) is 5.86. The van der Waals surface area contributed by atoms with Gasteiger partial charge >= 0.3 is 0 Å². The van der Waals surface area contributed by atoms with Gasteiger partial charge in [0.1, 0.15) is 22.5 Å². The molecule has 1 aromatic carbocycles. The van der Waals surface area contributed by atoms with Crippen LogP contribution in [0.5, 0.6) is 5.75 Å². The highest BCUT2D eigenvalue weighted by Gasteiger charge is 2.26. The second-order valence-corrected chi connectivity index (χ2v) is 9.08. The van der Waals surface area contributed by atoms with Crippen molar-refractivity contribution >= 4 is 27.2 Å². The van der Waals surface area contributed by atoms with Crippen LogP contribution in [-0.4, -0.2) is 47.7 Å². The third kappa shape index (κ3) is 3.42. The average Bonchev–Trinajstić information content (AvgIpc) is 3.28. The molecule has 29 heavy (non-hydrogen) atoms. The Labute approximate surface area is 174 Å². The number of ether oxygens (including phenoxy) is 1. The van der Waals surface area contributed by atoms with E-state index in [2.05, 4.69) is 40.9 Å². The number of fused-ring (bicyclic) bond motifs is 4. The normalized spacial score (nSPS) is 18.2. The van der Waals surface area contributed by atoms with Gasteiger partial charge in [0.2, 0.25) is 0 Å². The summed E-state index contributed by atoms with van der Waals surface area (Å²) in [7, 11) is 2.05. The van der Waals surface area contributed by atoms with Crippen LogP contribution in [0.2, 0.25) is 0 Å². The molecule has 1 aliphatic carbocycles. The smallest absolute Gasteiger partial charge is 0.259 e. The number of hydrogen-bond acceptors (Lipinski definition) is 6. The van der Waals surface area contributed by atoms with E-state index < -0.39 is 0 Å². The first-order valence-corrected chi connectivity index (χ1v) is 11.2. The number of thiophene rings is 1. The molecule has 3 aromatic rings. The molecule has 0 bridgehead atoms. The average molecular weight is 411 g/mol. The third-order valence-corrected chi connectivity index (χ3v) is 7.05. The molecule has 1 N–H and O–H groups in total. The molecule has 0 amide bonds. The summed E-state index contributed by atoms with van der Waals surface area (Å²) in [4.78, 5) is 27.2. The van der Waals surface area contributed by atoms with E-state index in [9.17, 15) is 4.79 Å². The summed E-state index contributed by atoms with van der Waals surface area (Å²) >= 11 is 1.69. The molecule has 3 heterocycles. The summed E-state index contributed by atoms with van der Waals surface area (Å²) in [6.07, 6.45) is 3.32. The van der Waals surface area contributed by atoms with E-state index in [1.54, 1.807) is 11.3 Å². The molecule has 1 atom stereocenters. The number of rotatable bonds is 5. The number of benzene rings is 1. The second kappa shape index (κ2) is 7.46. The van der Waals surface area contributed by atoms with Crippen LogP contribution in [0.15, 0.2) is 29.1 Å². The lowest BCUT2D eigenvalue weighted by Crippen LogP contribution is -2.45. The number of aromatic nitrogens is 2. The fraction of sp³-hybridized carbons (Fsp3) is 0.455. The van der Waals surface area contributed by atoms with Crippen molar-refractivity contribution in [1.82, 2.24) is 14.9 Å². The van der Waals surface area contributed by atoms with Crippen LogP contribution in [0.3, 0.4) is 0 Å². The van der Waals surface area contributed by atoms with Crippen molar-refractivity contribution in [3.05, 3.63) is 50.9 Å². The minimum atomic E-state index is 0.0119. The van der Waals surface area contributed by atoms with Crippen molar-refractivity contribution in [2.45, 2.75) is 38.8 Å². The maximum atomic E-state index is 12.7. The van der Waals surface area contributed by atoms with E-state index >= 15 is 0 Å². The fourth-order valence-corrected chi connectivity index (χ4v) is 5.84. The largest absolute Gasteiger partial charge is 0.485 e. The molecule has 5 rings (SSSR count). The molecule has 0 radical (unpaired) electrons. The Kier molecular flexibility index (Phi) is 4.80. The molecule has 2 aliphatic rings. The zero-order chi connectivity index (χ0) is 20.0. The van der Waals surface area contributed by atoms with E-state index in [0.29, 0.717) is 6.54 Å². The number of H-pyrrole nitrogens is 1. The summed E-state index contributed by atoms with van der Waals surface area (Å²) in [5.74, 6) is 1.67. The highest BCUT2D eigenvalue weighted by molar-refractivity contribution is 7.18. The monoisotopic (exact) mass is 410 g/mol. The molecule has 0 spiro atoms. The summed E-state index contributed by atoms with van der Waals surface area (Å²) < 4.78 is 6.23. The van der Waals surface area contributed by atoms with Crippen molar-refractivity contribution < 1.29 is 4.74 Å². The van der Waals surface area contributed by atoms with Gasteiger partial charge in [-0.2, -0.15) is 0 Å².